The van der Waals surface area contributed by atoms with Gasteiger partial charge in [0.2, 0.25) is 0 Å². The molecule has 0 aliphatic rings. The molecule has 6 rings (SSSR count). The van der Waals surface area contributed by atoms with Crippen molar-refractivity contribution in [1.82, 2.24) is 0 Å². The monoisotopic (exact) mass is 971 g/mol. The minimum atomic E-state index is -0.198. The summed E-state index contributed by atoms with van der Waals surface area (Å²) in [6.45, 7) is 54.0. The average Bonchev–Trinajstić information content (AvgIpc) is 3.22. The highest BCUT2D eigenvalue weighted by atomic mass is 16.5. The molecule has 0 fully saturated rings. The summed E-state index contributed by atoms with van der Waals surface area (Å²) in [6, 6.07) is 39.1. The second kappa shape index (κ2) is 19.4. The van der Waals surface area contributed by atoms with Crippen LogP contribution in [0.4, 0.5) is 0 Å². The third kappa shape index (κ3) is 13.2. The van der Waals surface area contributed by atoms with E-state index in [2.05, 4.69) is 275 Å². The summed E-state index contributed by atoms with van der Waals surface area (Å²) in [4.78, 5) is 0. The zero-order valence-electron chi connectivity index (χ0n) is 49.0. The highest BCUT2D eigenvalue weighted by Gasteiger charge is 2.30. The summed E-state index contributed by atoms with van der Waals surface area (Å²) in [6.07, 6.45) is 0. The van der Waals surface area contributed by atoms with E-state index in [0.29, 0.717) is 23.0 Å². The first kappa shape index (κ1) is 55.8. The third-order valence-electron chi connectivity index (χ3n) is 13.7. The fourth-order valence-corrected chi connectivity index (χ4v) is 8.86. The van der Waals surface area contributed by atoms with Crippen LogP contribution >= 0.6 is 0 Å². The molecule has 0 aliphatic heterocycles. The van der Waals surface area contributed by atoms with Crippen LogP contribution in [0.25, 0.3) is 11.1 Å². The summed E-state index contributed by atoms with van der Waals surface area (Å²) in [5, 5.41) is 0. The summed E-state index contributed by atoms with van der Waals surface area (Å²) >= 11 is 0. The van der Waals surface area contributed by atoms with Gasteiger partial charge in [-0.25, -0.2) is 0 Å². The Morgan fingerprint density at radius 1 is 0.194 bits per heavy atom. The zero-order chi connectivity index (χ0) is 53.9. The molecular weight excluding hydrogens is 881 g/mol. The molecule has 0 radical (unpaired) electrons. The lowest BCUT2D eigenvalue weighted by atomic mass is 9.80. The van der Waals surface area contributed by atoms with Crippen LogP contribution in [0, 0.1) is 0 Å². The van der Waals surface area contributed by atoms with E-state index >= 15 is 0 Å². The van der Waals surface area contributed by atoms with E-state index in [0.717, 1.165) is 56.4 Å². The van der Waals surface area contributed by atoms with Crippen LogP contribution in [0.3, 0.4) is 0 Å². The van der Waals surface area contributed by atoms with Gasteiger partial charge in [0.15, 0.2) is 23.0 Å². The molecule has 0 bridgehead atoms. The third-order valence-corrected chi connectivity index (χ3v) is 13.7. The van der Waals surface area contributed by atoms with Crippen molar-refractivity contribution in [2.75, 3.05) is 0 Å². The van der Waals surface area contributed by atoms with Gasteiger partial charge in [0, 0.05) is 22.3 Å². The van der Waals surface area contributed by atoms with Gasteiger partial charge < -0.3 is 18.9 Å². The topological polar surface area (TPSA) is 36.9 Å². The van der Waals surface area contributed by atoms with Crippen LogP contribution in [-0.2, 0) is 43.3 Å². The van der Waals surface area contributed by atoms with Crippen molar-refractivity contribution in [2.24, 2.45) is 0 Å². The maximum Gasteiger partial charge on any atom is 0.170 e. The van der Waals surface area contributed by atoms with Gasteiger partial charge in [-0.05, 0) is 125 Å². The standard InChI is InChI=1S/C68H90O4/c1-61(2,3)45-27-33-53(49(39-45)65(13,14)15)69-57-31-25-43(37-59(57)71-55-35-29-47(63(7,8)9)41-51(55)67(19,20)21)44-26-32-58(70-54-34-28-46(62(4,5)6)40-50(54)66(16,17)18)60(38-44)72-56-36-30-48(64(10,11)12)42-52(56)68(22,23)24/h25-42H,1-24H3. The van der Waals surface area contributed by atoms with Crippen molar-refractivity contribution in [3.05, 3.63) is 154 Å². The smallest absolute Gasteiger partial charge is 0.170 e. The van der Waals surface area contributed by atoms with Crippen LogP contribution in [0.1, 0.15) is 211 Å². The Morgan fingerprint density at radius 3 is 0.583 bits per heavy atom. The first-order chi connectivity index (χ1) is 32.7. The van der Waals surface area contributed by atoms with Crippen molar-refractivity contribution in [3.8, 4) is 57.1 Å². The van der Waals surface area contributed by atoms with E-state index in [-0.39, 0.29) is 43.3 Å². The number of ether oxygens (including phenoxy) is 4. The first-order valence-electron chi connectivity index (χ1n) is 26.3. The second-order valence-electron chi connectivity index (χ2n) is 28.6. The van der Waals surface area contributed by atoms with Crippen molar-refractivity contribution < 1.29 is 18.9 Å². The quantitative estimate of drug-likeness (QED) is 0.145. The van der Waals surface area contributed by atoms with E-state index in [9.17, 15) is 0 Å². The molecule has 0 saturated carbocycles. The Hall–Kier alpha value is -5.48. The van der Waals surface area contributed by atoms with Crippen molar-refractivity contribution >= 4 is 0 Å². The fourth-order valence-electron chi connectivity index (χ4n) is 8.86. The van der Waals surface area contributed by atoms with Gasteiger partial charge in [-0.15, -0.1) is 0 Å². The molecule has 4 nitrogen and oxygen atoms in total. The Labute approximate surface area is 437 Å². The molecule has 0 atom stereocenters. The molecule has 0 aromatic heterocycles. The molecule has 0 spiro atoms. The minimum absolute atomic E-state index is 0.0177. The number of benzene rings is 6. The molecule has 72 heavy (non-hydrogen) atoms. The Balaban J connectivity index is 1.59. The molecule has 6 aromatic rings. The molecule has 0 heterocycles. The lowest BCUT2D eigenvalue weighted by Crippen LogP contribution is -2.17. The maximum absolute atomic E-state index is 7.19. The van der Waals surface area contributed by atoms with Crippen molar-refractivity contribution in [3.63, 3.8) is 0 Å². The van der Waals surface area contributed by atoms with Gasteiger partial charge in [-0.3, -0.25) is 0 Å². The molecule has 0 aliphatic carbocycles. The number of hydrogen-bond donors (Lipinski definition) is 0. The van der Waals surface area contributed by atoms with E-state index in [4.69, 9.17) is 18.9 Å². The Bertz CT molecular complexity index is 2710. The lowest BCUT2D eigenvalue weighted by molar-refractivity contribution is 0.399. The summed E-state index contributed by atoms with van der Waals surface area (Å²) < 4.78 is 28.5. The molecule has 0 N–H and O–H groups in total. The number of rotatable bonds is 9. The summed E-state index contributed by atoms with van der Waals surface area (Å²) in [7, 11) is 0. The van der Waals surface area contributed by atoms with E-state index in [1.807, 2.05) is 0 Å². The van der Waals surface area contributed by atoms with E-state index in [1.54, 1.807) is 0 Å². The van der Waals surface area contributed by atoms with Gasteiger partial charge >= 0.3 is 0 Å². The van der Waals surface area contributed by atoms with Gasteiger partial charge in [0.25, 0.3) is 0 Å². The predicted octanol–water partition coefficient (Wildman–Crippen LogP) is 20.9. The molecule has 0 amide bonds. The predicted molar refractivity (Wildman–Crippen MR) is 308 cm³/mol. The van der Waals surface area contributed by atoms with Gasteiger partial charge in [0.05, 0.1) is 0 Å². The zero-order valence-corrected chi connectivity index (χ0v) is 49.0. The Morgan fingerprint density at radius 2 is 0.389 bits per heavy atom. The first-order valence-corrected chi connectivity index (χ1v) is 26.3. The van der Waals surface area contributed by atoms with Gasteiger partial charge in [-0.2, -0.15) is 0 Å². The SMILES string of the molecule is CC(C)(C)c1ccc(Oc2ccc(-c3ccc(Oc4ccc(C(C)(C)C)cc4C(C)(C)C)c(Oc4ccc(C(C)(C)C)cc4C(C)(C)C)c3)cc2Oc2ccc(C(C)(C)C)cc2C(C)(C)C)c(C(C)(C)C)c1. The average molecular weight is 971 g/mol. The van der Waals surface area contributed by atoms with E-state index in [1.165, 1.54) is 22.3 Å². The largest absolute Gasteiger partial charge is 0.453 e. The van der Waals surface area contributed by atoms with Crippen molar-refractivity contribution in [2.45, 2.75) is 209 Å². The Kier molecular flexibility index (Phi) is 15.1. The molecule has 386 valence electrons. The van der Waals surface area contributed by atoms with Crippen molar-refractivity contribution in [1.29, 1.82) is 0 Å². The molecule has 0 saturated heterocycles. The maximum atomic E-state index is 7.19. The lowest BCUT2D eigenvalue weighted by Gasteiger charge is -2.29. The summed E-state index contributed by atoms with van der Waals surface area (Å²) in [5.41, 5.74) is 10.6. The second-order valence-corrected chi connectivity index (χ2v) is 28.6. The van der Waals surface area contributed by atoms with Crippen LogP contribution in [-0.4, -0.2) is 0 Å². The normalized spacial score (nSPS) is 13.3. The van der Waals surface area contributed by atoms with Gasteiger partial charge in [-0.1, -0.05) is 227 Å². The minimum Gasteiger partial charge on any atom is -0.453 e. The van der Waals surface area contributed by atoms with Crippen LogP contribution in [0.2, 0.25) is 0 Å². The number of hydrogen-bond acceptors (Lipinski definition) is 4. The van der Waals surface area contributed by atoms with Crippen LogP contribution in [0.15, 0.2) is 109 Å². The highest BCUT2D eigenvalue weighted by Crippen LogP contribution is 2.48. The van der Waals surface area contributed by atoms with Crippen LogP contribution in [0.5, 0.6) is 46.0 Å². The molecule has 4 heteroatoms. The van der Waals surface area contributed by atoms with Gasteiger partial charge in [0.1, 0.15) is 23.0 Å². The fraction of sp³-hybridized carbons (Fsp3) is 0.471. The summed E-state index contributed by atoms with van der Waals surface area (Å²) in [5.74, 6) is 5.70. The highest BCUT2D eigenvalue weighted by molar-refractivity contribution is 5.71. The van der Waals surface area contributed by atoms with Crippen LogP contribution < -0.4 is 18.9 Å². The molecule has 0 unspecified atom stereocenters. The van der Waals surface area contributed by atoms with E-state index < -0.39 is 0 Å². The molecule has 6 aromatic carbocycles. The molecular formula is C68H90O4.